The third-order valence-corrected chi connectivity index (χ3v) is 2.08. The number of nitrogens with zero attached hydrogens (tertiary/aromatic N) is 3. The second kappa shape index (κ2) is 4.57. The lowest BCUT2D eigenvalue weighted by Gasteiger charge is -2.06. The second-order valence-electron chi connectivity index (χ2n) is 3.43. The number of pyridine rings is 1. The summed E-state index contributed by atoms with van der Waals surface area (Å²) in [4.78, 5) is 12.2. The van der Waals surface area contributed by atoms with Crippen LogP contribution < -0.4 is 11.1 Å². The fraction of sp³-hybridized carbons (Fsp3) is 0.182. The predicted octanol–water partition coefficient (Wildman–Crippen LogP) is 1.37. The number of aryl methyl sites for hydroxylation is 1. The molecule has 5 nitrogen and oxygen atoms in total. The highest BCUT2D eigenvalue weighted by Gasteiger charge is 1.98. The van der Waals surface area contributed by atoms with Crippen molar-refractivity contribution in [1.29, 1.82) is 0 Å². The number of rotatable bonds is 3. The zero-order chi connectivity index (χ0) is 11.4. The summed E-state index contributed by atoms with van der Waals surface area (Å²) in [6, 6.07) is 5.61. The van der Waals surface area contributed by atoms with Crippen LogP contribution in [0.1, 0.15) is 11.4 Å². The summed E-state index contributed by atoms with van der Waals surface area (Å²) in [5.74, 6) is 1.88. The van der Waals surface area contributed by atoms with Gasteiger partial charge in [0.2, 0.25) is 0 Å². The minimum absolute atomic E-state index is 0.477. The van der Waals surface area contributed by atoms with E-state index >= 15 is 0 Å². The van der Waals surface area contributed by atoms with Crippen molar-refractivity contribution in [2.75, 3.05) is 11.1 Å². The maximum Gasteiger partial charge on any atom is 0.132 e. The summed E-state index contributed by atoms with van der Waals surface area (Å²) in [5, 5.41) is 3.18. The Morgan fingerprint density at radius 3 is 2.69 bits per heavy atom. The number of aromatic nitrogens is 3. The molecule has 0 aliphatic rings. The van der Waals surface area contributed by atoms with E-state index in [9.17, 15) is 0 Å². The fourth-order valence-corrected chi connectivity index (χ4v) is 1.37. The van der Waals surface area contributed by atoms with Crippen LogP contribution in [0.3, 0.4) is 0 Å². The molecular weight excluding hydrogens is 202 g/mol. The molecule has 0 saturated carbocycles. The lowest BCUT2D eigenvalue weighted by molar-refractivity contribution is 1.03. The van der Waals surface area contributed by atoms with E-state index in [1.165, 1.54) is 0 Å². The average molecular weight is 215 g/mol. The normalized spacial score (nSPS) is 10.1. The van der Waals surface area contributed by atoms with Gasteiger partial charge in [-0.15, -0.1) is 0 Å². The van der Waals surface area contributed by atoms with E-state index in [1.807, 2.05) is 19.1 Å². The van der Waals surface area contributed by atoms with Crippen LogP contribution >= 0.6 is 0 Å². The summed E-state index contributed by atoms with van der Waals surface area (Å²) in [6.45, 7) is 2.51. The van der Waals surface area contributed by atoms with Gasteiger partial charge in [0.05, 0.1) is 0 Å². The van der Waals surface area contributed by atoms with Crippen molar-refractivity contribution in [1.82, 2.24) is 15.0 Å². The molecule has 0 fully saturated rings. The van der Waals surface area contributed by atoms with E-state index in [-0.39, 0.29) is 0 Å². The zero-order valence-corrected chi connectivity index (χ0v) is 9.01. The van der Waals surface area contributed by atoms with E-state index < -0.39 is 0 Å². The first-order valence-electron chi connectivity index (χ1n) is 4.98. The van der Waals surface area contributed by atoms with Crippen LogP contribution in [-0.4, -0.2) is 15.0 Å². The van der Waals surface area contributed by atoms with Crippen LogP contribution in [0.15, 0.2) is 30.6 Å². The Morgan fingerprint density at radius 1 is 1.25 bits per heavy atom. The molecule has 0 spiro atoms. The third kappa shape index (κ3) is 2.66. The van der Waals surface area contributed by atoms with Gasteiger partial charge in [-0.2, -0.15) is 0 Å². The van der Waals surface area contributed by atoms with E-state index in [4.69, 9.17) is 5.73 Å². The summed E-state index contributed by atoms with van der Waals surface area (Å²) < 4.78 is 0. The Balaban J connectivity index is 2.05. The molecule has 2 heterocycles. The van der Waals surface area contributed by atoms with Crippen LogP contribution in [-0.2, 0) is 6.54 Å². The standard InChI is InChI=1S/C11H13N5/c1-8-15-10(12)6-11(16-8)14-7-9-2-4-13-5-3-9/h2-6H,7H2,1H3,(H3,12,14,15,16). The molecule has 3 N–H and O–H groups in total. The van der Waals surface area contributed by atoms with Gasteiger partial charge in [0.25, 0.3) is 0 Å². The number of nitrogen functional groups attached to an aromatic ring is 1. The van der Waals surface area contributed by atoms with Crippen LogP contribution in [0, 0.1) is 6.92 Å². The van der Waals surface area contributed by atoms with E-state index in [1.54, 1.807) is 18.5 Å². The molecule has 0 unspecified atom stereocenters. The van der Waals surface area contributed by atoms with Crippen molar-refractivity contribution >= 4 is 11.6 Å². The Bertz CT molecular complexity index is 449. The Hall–Kier alpha value is -2.17. The summed E-state index contributed by atoms with van der Waals surface area (Å²) in [7, 11) is 0. The highest BCUT2D eigenvalue weighted by atomic mass is 15.0. The highest BCUT2D eigenvalue weighted by Crippen LogP contribution is 2.09. The largest absolute Gasteiger partial charge is 0.384 e. The molecule has 2 rings (SSSR count). The van der Waals surface area contributed by atoms with Gasteiger partial charge in [0.1, 0.15) is 17.5 Å². The number of hydrogen-bond donors (Lipinski definition) is 2. The van der Waals surface area contributed by atoms with E-state index in [0.717, 1.165) is 11.4 Å². The maximum absolute atomic E-state index is 5.63. The van der Waals surface area contributed by atoms with Crippen molar-refractivity contribution in [3.63, 3.8) is 0 Å². The van der Waals surface area contributed by atoms with Gasteiger partial charge in [-0.1, -0.05) is 0 Å². The van der Waals surface area contributed by atoms with Crippen molar-refractivity contribution in [3.05, 3.63) is 42.0 Å². The Labute approximate surface area is 93.8 Å². The zero-order valence-electron chi connectivity index (χ0n) is 9.01. The van der Waals surface area contributed by atoms with Gasteiger partial charge >= 0.3 is 0 Å². The van der Waals surface area contributed by atoms with Gasteiger partial charge in [-0.3, -0.25) is 4.98 Å². The molecule has 0 amide bonds. The van der Waals surface area contributed by atoms with Crippen molar-refractivity contribution in [2.24, 2.45) is 0 Å². The number of anilines is 2. The van der Waals surface area contributed by atoms with Crippen molar-refractivity contribution in [3.8, 4) is 0 Å². The van der Waals surface area contributed by atoms with Gasteiger partial charge in [0, 0.05) is 25.0 Å². The monoisotopic (exact) mass is 215 g/mol. The van der Waals surface area contributed by atoms with E-state index in [0.29, 0.717) is 18.2 Å². The minimum Gasteiger partial charge on any atom is -0.384 e. The maximum atomic E-state index is 5.63. The minimum atomic E-state index is 0.477. The topological polar surface area (TPSA) is 76.7 Å². The van der Waals surface area contributed by atoms with Gasteiger partial charge in [-0.05, 0) is 24.6 Å². The Kier molecular flexibility index (Phi) is 2.95. The number of nitrogens with one attached hydrogen (secondary N) is 1. The van der Waals surface area contributed by atoms with Crippen LogP contribution in [0.25, 0.3) is 0 Å². The Morgan fingerprint density at radius 2 is 2.00 bits per heavy atom. The molecule has 0 aliphatic carbocycles. The molecule has 5 heteroatoms. The molecule has 16 heavy (non-hydrogen) atoms. The lowest BCUT2D eigenvalue weighted by Crippen LogP contribution is -2.04. The van der Waals surface area contributed by atoms with Crippen LogP contribution in [0.5, 0.6) is 0 Å². The van der Waals surface area contributed by atoms with Crippen molar-refractivity contribution in [2.45, 2.75) is 13.5 Å². The number of nitrogens with two attached hydrogens (primary N) is 1. The smallest absolute Gasteiger partial charge is 0.132 e. The van der Waals surface area contributed by atoms with E-state index in [2.05, 4.69) is 20.3 Å². The summed E-state index contributed by atoms with van der Waals surface area (Å²) >= 11 is 0. The predicted molar refractivity (Wildman–Crippen MR) is 62.7 cm³/mol. The first-order valence-corrected chi connectivity index (χ1v) is 4.98. The summed E-state index contributed by atoms with van der Waals surface area (Å²) in [5.41, 5.74) is 6.77. The SMILES string of the molecule is Cc1nc(N)cc(NCc2ccncc2)n1. The summed E-state index contributed by atoms with van der Waals surface area (Å²) in [6.07, 6.45) is 3.52. The van der Waals surface area contributed by atoms with Gasteiger partial charge < -0.3 is 11.1 Å². The average Bonchev–Trinajstić information content (AvgIpc) is 2.27. The number of hydrogen-bond acceptors (Lipinski definition) is 5. The molecule has 0 aliphatic heterocycles. The molecule has 82 valence electrons. The molecule has 0 atom stereocenters. The fourth-order valence-electron chi connectivity index (χ4n) is 1.37. The van der Waals surface area contributed by atoms with Gasteiger partial charge in [-0.25, -0.2) is 9.97 Å². The molecule has 2 aromatic rings. The first-order chi connectivity index (χ1) is 7.74. The molecule has 2 aromatic heterocycles. The second-order valence-corrected chi connectivity index (χ2v) is 3.43. The first kappa shape index (κ1) is 10.4. The van der Waals surface area contributed by atoms with Crippen LogP contribution in [0.4, 0.5) is 11.6 Å². The van der Waals surface area contributed by atoms with Crippen molar-refractivity contribution < 1.29 is 0 Å². The molecule has 0 saturated heterocycles. The van der Waals surface area contributed by atoms with Crippen LogP contribution in [0.2, 0.25) is 0 Å². The third-order valence-electron chi connectivity index (χ3n) is 2.08. The molecule has 0 radical (unpaired) electrons. The van der Waals surface area contributed by atoms with Gasteiger partial charge in [0.15, 0.2) is 0 Å². The molecule has 0 aromatic carbocycles. The molecule has 0 bridgehead atoms. The highest BCUT2D eigenvalue weighted by molar-refractivity contribution is 5.44. The molecular formula is C11H13N5. The lowest BCUT2D eigenvalue weighted by atomic mass is 10.3. The quantitative estimate of drug-likeness (QED) is 0.808.